The van der Waals surface area contributed by atoms with Crippen molar-refractivity contribution in [3.8, 4) is 0 Å². The number of alkyl halides is 3. The maximum absolute atomic E-state index is 13.6. The number of rotatable bonds is 3. The van der Waals surface area contributed by atoms with Crippen LogP contribution in [-0.4, -0.2) is 30.7 Å². The highest BCUT2D eigenvalue weighted by Gasteiger charge is 2.36. The summed E-state index contributed by atoms with van der Waals surface area (Å²) < 4.78 is 42.3. The predicted molar refractivity (Wildman–Crippen MR) is 103 cm³/mol. The highest BCUT2D eigenvalue weighted by molar-refractivity contribution is 7.07. The minimum absolute atomic E-state index is 0. The molecule has 0 saturated carbocycles. The third-order valence-corrected chi connectivity index (χ3v) is 5.32. The summed E-state index contributed by atoms with van der Waals surface area (Å²) >= 11 is 1.50. The fourth-order valence-electron chi connectivity index (χ4n) is 3.42. The van der Waals surface area contributed by atoms with Gasteiger partial charge in [0.05, 0.1) is 5.52 Å². The molecule has 1 fully saturated rings. The monoisotopic (exact) mass is 401 g/mol. The van der Waals surface area contributed by atoms with E-state index < -0.39 is 11.9 Å². The lowest BCUT2D eigenvalue weighted by molar-refractivity contribution is -0.143. The van der Waals surface area contributed by atoms with E-state index in [2.05, 4.69) is 10.2 Å². The Balaban J connectivity index is 0.00000196. The van der Waals surface area contributed by atoms with E-state index in [1.807, 2.05) is 29.0 Å². The number of hydrogen-bond acceptors (Lipinski definition) is 3. The first-order valence-corrected chi connectivity index (χ1v) is 9.14. The van der Waals surface area contributed by atoms with Crippen LogP contribution in [0.2, 0.25) is 0 Å². The van der Waals surface area contributed by atoms with Gasteiger partial charge in [-0.2, -0.15) is 24.5 Å². The quantitative estimate of drug-likeness (QED) is 0.692. The molecule has 3 nitrogen and oxygen atoms in total. The number of thiophene rings is 1. The van der Waals surface area contributed by atoms with Gasteiger partial charge in [0.1, 0.15) is 5.69 Å². The smallest absolute Gasteiger partial charge is 0.368 e. The number of anilines is 1. The Hall–Kier alpha value is -1.70. The fraction of sp³-hybridized carbons (Fsp3) is 0.333. The summed E-state index contributed by atoms with van der Waals surface area (Å²) in [7, 11) is 0. The summed E-state index contributed by atoms with van der Waals surface area (Å²) in [5.74, 6) is 0. The summed E-state index contributed by atoms with van der Waals surface area (Å²) in [5, 5.41) is 7.73. The molecule has 3 aromatic rings. The molecule has 0 atom stereocenters. The molecule has 0 radical (unpaired) electrons. The largest absolute Gasteiger partial charge is 0.431 e. The molecule has 1 aliphatic rings. The van der Waals surface area contributed by atoms with E-state index in [4.69, 9.17) is 0 Å². The summed E-state index contributed by atoms with van der Waals surface area (Å²) in [5.41, 5.74) is 1.82. The number of nitrogens with one attached hydrogen (secondary N) is 1. The number of halogens is 4. The zero-order valence-electron chi connectivity index (χ0n) is 13.9. The molecule has 1 saturated heterocycles. The van der Waals surface area contributed by atoms with Gasteiger partial charge >= 0.3 is 6.18 Å². The van der Waals surface area contributed by atoms with Crippen molar-refractivity contribution < 1.29 is 13.2 Å². The first kappa shape index (κ1) is 19.1. The van der Waals surface area contributed by atoms with Crippen molar-refractivity contribution in [2.24, 2.45) is 0 Å². The molecule has 0 spiro atoms. The van der Waals surface area contributed by atoms with Gasteiger partial charge in [0.15, 0.2) is 0 Å². The van der Waals surface area contributed by atoms with Crippen LogP contribution < -0.4 is 10.2 Å². The Morgan fingerprint density at radius 3 is 2.54 bits per heavy atom. The molecule has 8 heteroatoms. The van der Waals surface area contributed by atoms with Crippen molar-refractivity contribution in [2.75, 3.05) is 31.1 Å². The molecule has 4 rings (SSSR count). The van der Waals surface area contributed by atoms with Crippen LogP contribution in [0.1, 0.15) is 11.3 Å². The standard InChI is InChI=1S/C18H18F3N3S.ClH/c19-18(20,21)17-10-14-15(23-7-5-22-6-8-23)2-1-3-16(14)24(17)11-13-4-9-25-12-13;/h1-4,9-10,12,22H,5-8,11H2;1H. The van der Waals surface area contributed by atoms with E-state index in [9.17, 15) is 13.2 Å². The maximum Gasteiger partial charge on any atom is 0.431 e. The molecule has 0 unspecified atom stereocenters. The number of hydrogen-bond donors (Lipinski definition) is 1. The lowest BCUT2D eigenvalue weighted by Gasteiger charge is -2.30. The highest BCUT2D eigenvalue weighted by Crippen LogP contribution is 2.38. The van der Waals surface area contributed by atoms with Gasteiger partial charge in [-0.15, -0.1) is 12.4 Å². The van der Waals surface area contributed by atoms with Crippen LogP contribution in [-0.2, 0) is 12.7 Å². The lowest BCUT2D eigenvalue weighted by Crippen LogP contribution is -2.43. The van der Waals surface area contributed by atoms with Crippen LogP contribution in [0, 0.1) is 0 Å². The van der Waals surface area contributed by atoms with E-state index in [-0.39, 0.29) is 19.0 Å². The molecule has 1 aromatic carbocycles. The van der Waals surface area contributed by atoms with Crippen LogP contribution in [0.25, 0.3) is 10.9 Å². The van der Waals surface area contributed by atoms with Crippen LogP contribution in [0.5, 0.6) is 0 Å². The SMILES string of the molecule is Cl.FC(F)(F)c1cc2c(N3CCNCC3)cccc2n1Cc1ccsc1. The van der Waals surface area contributed by atoms with Gasteiger partial charge in [-0.1, -0.05) is 6.07 Å². The van der Waals surface area contributed by atoms with Crippen molar-refractivity contribution in [1.29, 1.82) is 0 Å². The Bertz CT molecular complexity index is 868. The Morgan fingerprint density at radius 2 is 1.88 bits per heavy atom. The zero-order chi connectivity index (χ0) is 17.4. The normalized spacial score (nSPS) is 15.3. The molecule has 26 heavy (non-hydrogen) atoms. The second-order valence-corrected chi connectivity index (χ2v) is 6.97. The van der Waals surface area contributed by atoms with Crippen molar-refractivity contribution in [3.05, 3.63) is 52.3 Å². The third kappa shape index (κ3) is 3.56. The van der Waals surface area contributed by atoms with Gasteiger partial charge in [-0.25, -0.2) is 0 Å². The number of benzene rings is 1. The first-order valence-electron chi connectivity index (χ1n) is 8.20. The van der Waals surface area contributed by atoms with Crippen molar-refractivity contribution in [3.63, 3.8) is 0 Å². The molecule has 0 bridgehead atoms. The fourth-order valence-corrected chi connectivity index (χ4v) is 4.08. The molecular weight excluding hydrogens is 383 g/mol. The number of nitrogens with zero attached hydrogens (tertiary/aromatic N) is 2. The molecular formula is C18H19ClF3N3S. The number of aromatic nitrogens is 1. The van der Waals surface area contributed by atoms with Crippen molar-refractivity contribution >= 4 is 40.3 Å². The average molecular weight is 402 g/mol. The van der Waals surface area contributed by atoms with Gasteiger partial charge in [0, 0.05) is 43.8 Å². The highest BCUT2D eigenvalue weighted by atomic mass is 35.5. The summed E-state index contributed by atoms with van der Waals surface area (Å²) in [6, 6.07) is 8.73. The summed E-state index contributed by atoms with van der Waals surface area (Å²) in [6.07, 6.45) is -4.38. The summed E-state index contributed by atoms with van der Waals surface area (Å²) in [4.78, 5) is 2.16. The van der Waals surface area contributed by atoms with Gasteiger partial charge in [-0.05, 0) is 40.6 Å². The van der Waals surface area contributed by atoms with E-state index in [0.29, 0.717) is 10.9 Å². The van der Waals surface area contributed by atoms with Gasteiger partial charge in [0.25, 0.3) is 0 Å². The number of fused-ring (bicyclic) bond motifs is 1. The summed E-state index contributed by atoms with van der Waals surface area (Å²) in [6.45, 7) is 3.52. The Labute approximate surface area is 159 Å². The topological polar surface area (TPSA) is 20.2 Å². The molecule has 0 amide bonds. The molecule has 1 aliphatic heterocycles. The Morgan fingerprint density at radius 1 is 1.12 bits per heavy atom. The van der Waals surface area contributed by atoms with E-state index in [1.165, 1.54) is 22.0 Å². The first-order chi connectivity index (χ1) is 12.0. The lowest BCUT2D eigenvalue weighted by atomic mass is 10.1. The van der Waals surface area contributed by atoms with E-state index >= 15 is 0 Å². The molecule has 1 N–H and O–H groups in total. The van der Waals surface area contributed by atoms with Gasteiger partial charge in [0.2, 0.25) is 0 Å². The second-order valence-electron chi connectivity index (χ2n) is 6.19. The van der Waals surface area contributed by atoms with Crippen LogP contribution >= 0.6 is 23.7 Å². The van der Waals surface area contributed by atoms with Gasteiger partial charge in [-0.3, -0.25) is 0 Å². The van der Waals surface area contributed by atoms with Crippen LogP contribution in [0.15, 0.2) is 41.1 Å². The van der Waals surface area contributed by atoms with Crippen LogP contribution in [0.4, 0.5) is 18.9 Å². The van der Waals surface area contributed by atoms with Crippen LogP contribution in [0.3, 0.4) is 0 Å². The minimum atomic E-state index is -4.38. The molecule has 2 aromatic heterocycles. The molecule has 0 aliphatic carbocycles. The second kappa shape index (κ2) is 7.50. The minimum Gasteiger partial charge on any atom is -0.368 e. The zero-order valence-corrected chi connectivity index (χ0v) is 15.6. The third-order valence-electron chi connectivity index (χ3n) is 4.59. The van der Waals surface area contributed by atoms with Crippen molar-refractivity contribution in [1.82, 2.24) is 9.88 Å². The van der Waals surface area contributed by atoms with Crippen molar-refractivity contribution in [2.45, 2.75) is 12.7 Å². The average Bonchev–Trinajstić information content (AvgIpc) is 3.23. The molecule has 3 heterocycles. The Kier molecular flexibility index (Phi) is 5.50. The predicted octanol–water partition coefficient (Wildman–Crippen LogP) is 4.60. The van der Waals surface area contributed by atoms with E-state index in [0.717, 1.165) is 37.4 Å². The van der Waals surface area contributed by atoms with E-state index in [1.54, 1.807) is 6.07 Å². The number of piperazine rings is 1. The maximum atomic E-state index is 13.6. The molecule has 140 valence electrons. The van der Waals surface area contributed by atoms with Gasteiger partial charge < -0.3 is 14.8 Å².